The summed E-state index contributed by atoms with van der Waals surface area (Å²) in [6, 6.07) is 7.52. The Balaban J connectivity index is 1.46. The molecule has 144 valence electrons. The van der Waals surface area contributed by atoms with Crippen molar-refractivity contribution < 1.29 is 9.50 Å². The first-order valence-corrected chi connectivity index (χ1v) is 10.3. The number of benzene rings is 1. The van der Waals surface area contributed by atoms with Gasteiger partial charge in [0.05, 0.1) is 5.60 Å². The fourth-order valence-corrected chi connectivity index (χ4v) is 5.72. The van der Waals surface area contributed by atoms with Gasteiger partial charge < -0.3 is 10.0 Å². The van der Waals surface area contributed by atoms with E-state index < -0.39 is 5.60 Å². The minimum atomic E-state index is -1.01. The molecule has 0 aromatic heterocycles. The molecule has 0 spiro atoms. The second kappa shape index (κ2) is 6.88. The number of rotatable bonds is 5. The van der Waals surface area contributed by atoms with Gasteiger partial charge in [-0.3, -0.25) is 4.90 Å². The van der Waals surface area contributed by atoms with Crippen molar-refractivity contribution in [3.8, 4) is 0 Å². The Kier molecular flexibility index (Phi) is 4.87. The second-order valence-corrected chi connectivity index (χ2v) is 9.62. The Labute approximate surface area is 157 Å². The first kappa shape index (κ1) is 18.4. The zero-order chi connectivity index (χ0) is 18.4. The molecule has 3 aliphatic rings. The summed E-state index contributed by atoms with van der Waals surface area (Å²) < 4.78 is 14.3. The fourth-order valence-electron chi connectivity index (χ4n) is 5.72. The Morgan fingerprint density at radius 3 is 2.31 bits per heavy atom. The van der Waals surface area contributed by atoms with Gasteiger partial charge in [-0.1, -0.05) is 32.0 Å². The molecule has 0 saturated carbocycles. The van der Waals surface area contributed by atoms with Gasteiger partial charge in [-0.15, -0.1) is 0 Å². The lowest BCUT2D eigenvalue weighted by atomic mass is 9.79. The number of aliphatic hydroxyl groups is 1. The van der Waals surface area contributed by atoms with Crippen molar-refractivity contribution in [3.63, 3.8) is 0 Å². The first-order chi connectivity index (χ1) is 12.4. The van der Waals surface area contributed by atoms with Crippen molar-refractivity contribution in [2.24, 2.45) is 5.41 Å². The molecule has 4 rings (SSSR count). The van der Waals surface area contributed by atoms with Crippen molar-refractivity contribution >= 4 is 0 Å². The van der Waals surface area contributed by atoms with Crippen LogP contribution in [0.15, 0.2) is 24.3 Å². The molecule has 1 aromatic carbocycles. The molecule has 2 bridgehead atoms. The monoisotopic (exact) mass is 360 g/mol. The quantitative estimate of drug-likeness (QED) is 0.866. The zero-order valence-corrected chi connectivity index (χ0v) is 16.3. The average Bonchev–Trinajstić information content (AvgIpc) is 3.14. The summed E-state index contributed by atoms with van der Waals surface area (Å²) >= 11 is 0. The third-order valence-electron chi connectivity index (χ3n) is 6.75. The van der Waals surface area contributed by atoms with Crippen LogP contribution in [-0.4, -0.2) is 53.2 Å². The third-order valence-corrected chi connectivity index (χ3v) is 6.75. The molecule has 2 unspecified atom stereocenters. The molecule has 26 heavy (non-hydrogen) atoms. The van der Waals surface area contributed by atoms with E-state index in [9.17, 15) is 9.50 Å². The van der Waals surface area contributed by atoms with Crippen molar-refractivity contribution in [3.05, 3.63) is 35.6 Å². The summed E-state index contributed by atoms with van der Waals surface area (Å²) in [6.07, 6.45) is 6.23. The molecular formula is C22H33FN2O. The molecule has 0 amide bonds. The van der Waals surface area contributed by atoms with Crippen molar-refractivity contribution in [1.82, 2.24) is 9.80 Å². The van der Waals surface area contributed by atoms with Crippen LogP contribution in [0.5, 0.6) is 0 Å². The Bertz CT molecular complexity index is 627. The van der Waals surface area contributed by atoms with Gasteiger partial charge in [-0.25, -0.2) is 4.39 Å². The molecule has 3 aliphatic heterocycles. The first-order valence-electron chi connectivity index (χ1n) is 10.3. The van der Waals surface area contributed by atoms with Crippen molar-refractivity contribution in [1.29, 1.82) is 0 Å². The molecule has 0 radical (unpaired) electrons. The molecule has 3 saturated heterocycles. The summed E-state index contributed by atoms with van der Waals surface area (Å²) in [7, 11) is 0. The number of nitrogens with zero attached hydrogens (tertiary/aromatic N) is 2. The number of hydrogen-bond donors (Lipinski definition) is 1. The number of piperidine rings is 1. The summed E-state index contributed by atoms with van der Waals surface area (Å²) in [5.41, 5.74) is -0.265. The van der Waals surface area contributed by atoms with Crippen LogP contribution in [0.2, 0.25) is 0 Å². The SMILES string of the molecule is CC(C)(CN1CCCC1)CN1C2CCC1CC(O)(c1ccccc1F)C2. The average molecular weight is 361 g/mol. The third kappa shape index (κ3) is 3.56. The summed E-state index contributed by atoms with van der Waals surface area (Å²) in [4.78, 5) is 5.23. The van der Waals surface area contributed by atoms with E-state index in [1.54, 1.807) is 12.1 Å². The van der Waals surface area contributed by atoms with Gasteiger partial charge in [0, 0.05) is 30.7 Å². The standard InChI is InChI=1S/C22H33FN2O/c1-21(2,15-24-11-5-6-12-24)16-25-17-9-10-18(25)14-22(26,13-17)19-7-3-4-8-20(19)23/h3-4,7-8,17-18,26H,5-6,9-16H2,1-2H3. The molecule has 1 aromatic rings. The molecule has 3 fully saturated rings. The highest BCUT2D eigenvalue weighted by Gasteiger charge is 2.50. The molecule has 1 N–H and O–H groups in total. The van der Waals surface area contributed by atoms with Crippen molar-refractivity contribution in [2.45, 2.75) is 70.1 Å². The smallest absolute Gasteiger partial charge is 0.129 e. The van der Waals surface area contributed by atoms with Crippen LogP contribution < -0.4 is 0 Å². The van der Waals surface area contributed by atoms with E-state index >= 15 is 0 Å². The van der Waals surface area contributed by atoms with Crippen LogP contribution in [0.3, 0.4) is 0 Å². The van der Waals surface area contributed by atoms with Crippen LogP contribution in [0.4, 0.5) is 4.39 Å². The van der Waals surface area contributed by atoms with Gasteiger partial charge in [0.15, 0.2) is 0 Å². The number of likely N-dealkylation sites (tertiary alicyclic amines) is 1. The summed E-state index contributed by atoms with van der Waals surface area (Å²) in [5.74, 6) is -0.266. The minimum Gasteiger partial charge on any atom is -0.385 e. The van der Waals surface area contributed by atoms with Crippen LogP contribution in [0.1, 0.15) is 57.9 Å². The van der Waals surface area contributed by atoms with Gasteiger partial charge in [-0.05, 0) is 63.1 Å². The largest absolute Gasteiger partial charge is 0.385 e. The highest BCUT2D eigenvalue weighted by atomic mass is 19.1. The van der Waals surface area contributed by atoms with Gasteiger partial charge >= 0.3 is 0 Å². The van der Waals surface area contributed by atoms with E-state index in [-0.39, 0.29) is 11.2 Å². The maximum atomic E-state index is 14.3. The Morgan fingerprint density at radius 1 is 1.08 bits per heavy atom. The van der Waals surface area contributed by atoms with Gasteiger partial charge in [0.1, 0.15) is 5.82 Å². The molecule has 0 aliphatic carbocycles. The summed E-state index contributed by atoms with van der Waals surface area (Å²) in [6.45, 7) is 9.46. The minimum absolute atomic E-state index is 0.249. The second-order valence-electron chi connectivity index (χ2n) is 9.62. The molecule has 4 heteroatoms. The lowest BCUT2D eigenvalue weighted by molar-refractivity contribution is -0.0685. The maximum absolute atomic E-state index is 14.3. The Morgan fingerprint density at radius 2 is 1.69 bits per heavy atom. The molecule has 2 atom stereocenters. The van der Waals surface area contributed by atoms with E-state index in [1.165, 1.54) is 32.0 Å². The highest BCUT2D eigenvalue weighted by molar-refractivity contribution is 5.26. The molecule has 3 nitrogen and oxygen atoms in total. The highest BCUT2D eigenvalue weighted by Crippen LogP contribution is 2.47. The van der Waals surface area contributed by atoms with Crippen LogP contribution in [0, 0.1) is 11.2 Å². The van der Waals surface area contributed by atoms with Crippen LogP contribution in [-0.2, 0) is 5.60 Å². The number of fused-ring (bicyclic) bond motifs is 2. The maximum Gasteiger partial charge on any atom is 0.129 e. The van der Waals surface area contributed by atoms with Crippen LogP contribution in [0.25, 0.3) is 0 Å². The lowest BCUT2D eigenvalue weighted by Crippen LogP contribution is -2.53. The van der Waals surface area contributed by atoms with Crippen molar-refractivity contribution in [2.75, 3.05) is 26.2 Å². The summed E-state index contributed by atoms with van der Waals surface area (Å²) in [5, 5.41) is 11.3. The predicted octanol–water partition coefficient (Wildman–Crippen LogP) is 3.76. The Hall–Kier alpha value is -0.970. The lowest BCUT2D eigenvalue weighted by Gasteiger charge is -2.47. The van der Waals surface area contributed by atoms with Crippen LogP contribution >= 0.6 is 0 Å². The van der Waals surface area contributed by atoms with Gasteiger partial charge in [0.2, 0.25) is 0 Å². The zero-order valence-electron chi connectivity index (χ0n) is 16.3. The van der Waals surface area contributed by atoms with E-state index in [0.29, 0.717) is 30.5 Å². The van der Waals surface area contributed by atoms with E-state index in [0.717, 1.165) is 25.9 Å². The van der Waals surface area contributed by atoms with E-state index in [2.05, 4.69) is 23.6 Å². The van der Waals surface area contributed by atoms with Gasteiger partial charge in [-0.2, -0.15) is 0 Å². The fraction of sp³-hybridized carbons (Fsp3) is 0.727. The predicted molar refractivity (Wildman–Crippen MR) is 103 cm³/mol. The van der Waals surface area contributed by atoms with E-state index in [4.69, 9.17) is 0 Å². The van der Waals surface area contributed by atoms with Gasteiger partial charge in [0.25, 0.3) is 0 Å². The topological polar surface area (TPSA) is 26.7 Å². The normalized spacial score (nSPS) is 33.1. The molecule has 3 heterocycles. The number of hydrogen-bond acceptors (Lipinski definition) is 3. The molecular weight excluding hydrogens is 327 g/mol. The van der Waals surface area contributed by atoms with E-state index in [1.807, 2.05) is 6.07 Å². The number of halogens is 1.